The van der Waals surface area contributed by atoms with Crippen LogP contribution in [0.25, 0.3) is 0 Å². The lowest BCUT2D eigenvalue weighted by Gasteiger charge is -2.08. The Morgan fingerprint density at radius 2 is 0.844 bits per heavy atom. The summed E-state index contributed by atoms with van der Waals surface area (Å²) in [5.41, 5.74) is 5.24. The Balaban J connectivity index is 1.48. The lowest BCUT2D eigenvalue weighted by atomic mass is 10.1. The second-order valence-corrected chi connectivity index (χ2v) is 7.86. The molecule has 0 saturated carbocycles. The van der Waals surface area contributed by atoms with E-state index in [0.29, 0.717) is 11.1 Å². The highest BCUT2D eigenvalue weighted by atomic mass is 16.5. The molecular formula is C28H30O4. The Labute approximate surface area is 190 Å². The topological polar surface area (TPSA) is 52.6 Å². The van der Waals surface area contributed by atoms with Gasteiger partial charge in [-0.05, 0) is 59.4 Å². The largest absolute Gasteiger partial charge is 0.457 e. The van der Waals surface area contributed by atoms with Gasteiger partial charge in [0.2, 0.25) is 0 Å². The first-order valence-electron chi connectivity index (χ1n) is 11.2. The first-order valence-corrected chi connectivity index (χ1v) is 11.2. The van der Waals surface area contributed by atoms with Crippen LogP contribution in [0.15, 0.2) is 72.8 Å². The van der Waals surface area contributed by atoms with E-state index in [4.69, 9.17) is 9.47 Å². The maximum atomic E-state index is 12.3. The van der Waals surface area contributed by atoms with Crippen molar-refractivity contribution in [1.29, 1.82) is 0 Å². The van der Waals surface area contributed by atoms with Crippen LogP contribution in [-0.2, 0) is 35.5 Å². The Bertz CT molecular complexity index is 918. The quantitative estimate of drug-likeness (QED) is 0.354. The minimum absolute atomic E-state index is 0.214. The predicted molar refractivity (Wildman–Crippen MR) is 126 cm³/mol. The minimum Gasteiger partial charge on any atom is -0.457 e. The SMILES string of the molecule is CCCc1ccc(COC(=O)c2ccc(C(=O)OCc3ccc(CCC)cc3)cc2)cc1. The van der Waals surface area contributed by atoms with E-state index < -0.39 is 11.9 Å². The van der Waals surface area contributed by atoms with Crippen LogP contribution in [0.1, 0.15) is 69.7 Å². The molecule has 0 spiro atoms. The van der Waals surface area contributed by atoms with Gasteiger partial charge in [0.15, 0.2) is 0 Å². The number of benzene rings is 3. The molecule has 0 saturated heterocycles. The molecule has 0 aliphatic carbocycles. The van der Waals surface area contributed by atoms with Crippen LogP contribution in [0.4, 0.5) is 0 Å². The van der Waals surface area contributed by atoms with Gasteiger partial charge in [-0.3, -0.25) is 0 Å². The zero-order valence-corrected chi connectivity index (χ0v) is 18.8. The first kappa shape index (κ1) is 23.3. The zero-order valence-electron chi connectivity index (χ0n) is 18.8. The van der Waals surface area contributed by atoms with Crippen molar-refractivity contribution >= 4 is 11.9 Å². The van der Waals surface area contributed by atoms with Crippen molar-refractivity contribution in [1.82, 2.24) is 0 Å². The zero-order chi connectivity index (χ0) is 22.8. The molecule has 0 fully saturated rings. The summed E-state index contributed by atoms with van der Waals surface area (Å²) in [5.74, 6) is -0.843. The molecule has 0 aliphatic heterocycles. The van der Waals surface area contributed by atoms with E-state index in [1.165, 1.54) is 11.1 Å². The lowest BCUT2D eigenvalue weighted by Crippen LogP contribution is -2.08. The van der Waals surface area contributed by atoms with Gasteiger partial charge in [0, 0.05) is 0 Å². The molecule has 3 aromatic carbocycles. The third-order valence-electron chi connectivity index (χ3n) is 5.22. The van der Waals surface area contributed by atoms with Gasteiger partial charge >= 0.3 is 11.9 Å². The second-order valence-electron chi connectivity index (χ2n) is 7.86. The van der Waals surface area contributed by atoms with Crippen LogP contribution in [0.5, 0.6) is 0 Å². The van der Waals surface area contributed by atoms with Crippen LogP contribution in [-0.4, -0.2) is 11.9 Å². The molecule has 3 aromatic rings. The average molecular weight is 431 g/mol. The van der Waals surface area contributed by atoms with Crippen molar-refractivity contribution in [2.24, 2.45) is 0 Å². The summed E-state index contributed by atoms with van der Waals surface area (Å²) in [6.45, 7) is 4.72. The van der Waals surface area contributed by atoms with Gasteiger partial charge in [-0.15, -0.1) is 0 Å². The van der Waals surface area contributed by atoms with Crippen molar-refractivity contribution in [3.63, 3.8) is 0 Å². The van der Waals surface area contributed by atoms with E-state index in [1.807, 2.05) is 24.3 Å². The first-order chi connectivity index (χ1) is 15.6. The number of carbonyl (C=O) groups is 2. The molecule has 32 heavy (non-hydrogen) atoms. The van der Waals surface area contributed by atoms with Gasteiger partial charge in [-0.25, -0.2) is 9.59 Å². The van der Waals surface area contributed by atoms with E-state index in [0.717, 1.165) is 36.8 Å². The summed E-state index contributed by atoms with van der Waals surface area (Å²) in [4.78, 5) is 24.6. The number of hydrogen-bond acceptors (Lipinski definition) is 4. The molecule has 4 nitrogen and oxygen atoms in total. The molecule has 0 radical (unpaired) electrons. The van der Waals surface area contributed by atoms with E-state index in [2.05, 4.69) is 38.1 Å². The van der Waals surface area contributed by atoms with E-state index in [-0.39, 0.29) is 13.2 Å². The van der Waals surface area contributed by atoms with Crippen molar-refractivity contribution in [2.75, 3.05) is 0 Å². The van der Waals surface area contributed by atoms with Crippen molar-refractivity contribution in [3.8, 4) is 0 Å². The Morgan fingerprint density at radius 1 is 0.531 bits per heavy atom. The monoisotopic (exact) mass is 430 g/mol. The summed E-state index contributed by atoms with van der Waals surface area (Å²) in [7, 11) is 0. The standard InChI is InChI=1S/C28H30O4/c1-3-5-21-7-11-23(12-8-21)19-31-27(29)25-15-17-26(18-16-25)28(30)32-20-24-13-9-22(6-4-2)10-14-24/h7-18H,3-6,19-20H2,1-2H3. The van der Waals surface area contributed by atoms with Gasteiger partial charge in [-0.2, -0.15) is 0 Å². The lowest BCUT2D eigenvalue weighted by molar-refractivity contribution is 0.0458. The van der Waals surface area contributed by atoms with Crippen LogP contribution in [0, 0.1) is 0 Å². The van der Waals surface area contributed by atoms with Crippen LogP contribution in [0.3, 0.4) is 0 Å². The molecule has 166 valence electrons. The van der Waals surface area contributed by atoms with Crippen LogP contribution >= 0.6 is 0 Å². The van der Waals surface area contributed by atoms with Crippen molar-refractivity contribution in [2.45, 2.75) is 52.7 Å². The number of hydrogen-bond donors (Lipinski definition) is 0. The van der Waals surface area contributed by atoms with Gasteiger partial charge < -0.3 is 9.47 Å². The summed E-state index contributed by atoms with van der Waals surface area (Å²) < 4.78 is 10.8. The highest BCUT2D eigenvalue weighted by molar-refractivity contribution is 5.93. The van der Waals surface area contributed by atoms with E-state index >= 15 is 0 Å². The van der Waals surface area contributed by atoms with Gasteiger partial charge in [-0.1, -0.05) is 75.2 Å². The summed E-state index contributed by atoms with van der Waals surface area (Å²) >= 11 is 0. The maximum absolute atomic E-state index is 12.3. The third-order valence-corrected chi connectivity index (χ3v) is 5.22. The summed E-state index contributed by atoms with van der Waals surface area (Å²) in [6, 6.07) is 22.5. The number of rotatable bonds is 10. The molecular weight excluding hydrogens is 400 g/mol. The van der Waals surface area contributed by atoms with Crippen molar-refractivity contribution < 1.29 is 19.1 Å². The highest BCUT2D eigenvalue weighted by Gasteiger charge is 2.11. The van der Waals surface area contributed by atoms with E-state index in [9.17, 15) is 9.59 Å². The molecule has 0 aromatic heterocycles. The fourth-order valence-electron chi connectivity index (χ4n) is 3.39. The highest BCUT2D eigenvalue weighted by Crippen LogP contribution is 2.13. The molecule has 4 heteroatoms. The minimum atomic E-state index is -0.422. The Hall–Kier alpha value is -3.40. The molecule has 0 heterocycles. The smallest absolute Gasteiger partial charge is 0.338 e. The summed E-state index contributed by atoms with van der Waals surface area (Å²) in [6.07, 6.45) is 4.29. The van der Waals surface area contributed by atoms with Gasteiger partial charge in [0.25, 0.3) is 0 Å². The van der Waals surface area contributed by atoms with Crippen LogP contribution in [0.2, 0.25) is 0 Å². The second kappa shape index (κ2) is 11.8. The Morgan fingerprint density at radius 3 is 1.16 bits per heavy atom. The van der Waals surface area contributed by atoms with Crippen LogP contribution < -0.4 is 0 Å². The Kier molecular flexibility index (Phi) is 8.61. The molecule has 0 bridgehead atoms. The normalized spacial score (nSPS) is 10.6. The fraction of sp³-hybridized carbons (Fsp3) is 0.286. The maximum Gasteiger partial charge on any atom is 0.338 e. The molecule has 0 amide bonds. The molecule has 0 N–H and O–H groups in total. The predicted octanol–water partition coefficient (Wildman–Crippen LogP) is 6.31. The van der Waals surface area contributed by atoms with E-state index in [1.54, 1.807) is 24.3 Å². The fourth-order valence-corrected chi connectivity index (χ4v) is 3.39. The third kappa shape index (κ3) is 6.81. The number of ether oxygens (including phenoxy) is 2. The number of esters is 2. The molecule has 0 aliphatic rings. The molecule has 0 unspecified atom stereocenters. The van der Waals surface area contributed by atoms with Gasteiger partial charge in [0.05, 0.1) is 11.1 Å². The average Bonchev–Trinajstić information content (AvgIpc) is 2.83. The number of aryl methyl sites for hydroxylation is 2. The van der Waals surface area contributed by atoms with Crippen molar-refractivity contribution in [3.05, 3.63) is 106 Å². The molecule has 3 rings (SSSR count). The number of carbonyl (C=O) groups excluding carboxylic acids is 2. The summed E-state index contributed by atoms with van der Waals surface area (Å²) in [5, 5.41) is 0. The molecule has 0 atom stereocenters. The van der Waals surface area contributed by atoms with Gasteiger partial charge in [0.1, 0.15) is 13.2 Å².